The number of rotatable bonds is 3. The van der Waals surface area contributed by atoms with Crippen LogP contribution in [0.1, 0.15) is 29.3 Å². The zero-order chi connectivity index (χ0) is 13.1. The van der Waals surface area contributed by atoms with Crippen LogP contribution in [0, 0.1) is 18.8 Å². The van der Waals surface area contributed by atoms with Gasteiger partial charge >= 0.3 is 0 Å². The monoisotopic (exact) mass is 312 g/mol. The number of aryl methyl sites for hydroxylation is 1. The largest absolute Gasteiger partial charge is 0.496 e. The molecule has 0 amide bonds. The first kappa shape index (κ1) is 13.9. The highest BCUT2D eigenvalue weighted by molar-refractivity contribution is 9.09. The van der Waals surface area contributed by atoms with Crippen molar-refractivity contribution in [1.82, 2.24) is 0 Å². The van der Waals surface area contributed by atoms with E-state index in [0.717, 1.165) is 25.4 Å². The molecule has 0 radical (unpaired) electrons. The summed E-state index contributed by atoms with van der Waals surface area (Å²) in [6.45, 7) is 6.11. The van der Waals surface area contributed by atoms with Gasteiger partial charge < -0.3 is 9.47 Å². The summed E-state index contributed by atoms with van der Waals surface area (Å²) in [6, 6.07) is 6.37. The van der Waals surface area contributed by atoms with Crippen molar-refractivity contribution in [2.45, 2.75) is 25.1 Å². The number of benzene rings is 1. The molecule has 100 valence electrons. The van der Waals surface area contributed by atoms with E-state index in [1.807, 2.05) is 0 Å². The molecule has 0 aliphatic carbocycles. The summed E-state index contributed by atoms with van der Waals surface area (Å²) in [5, 5.41) is 0. The van der Waals surface area contributed by atoms with Gasteiger partial charge in [0.15, 0.2) is 0 Å². The second kappa shape index (κ2) is 6.07. The summed E-state index contributed by atoms with van der Waals surface area (Å²) in [5.74, 6) is 2.16. The fourth-order valence-electron chi connectivity index (χ4n) is 2.63. The molecular formula is C15H21BrO2. The molecule has 18 heavy (non-hydrogen) atoms. The zero-order valence-corrected chi connectivity index (χ0v) is 12.9. The minimum Gasteiger partial charge on any atom is -0.496 e. The van der Waals surface area contributed by atoms with E-state index in [9.17, 15) is 0 Å². The van der Waals surface area contributed by atoms with E-state index in [2.05, 4.69) is 48.0 Å². The molecule has 0 aromatic heterocycles. The van der Waals surface area contributed by atoms with Crippen molar-refractivity contribution in [1.29, 1.82) is 0 Å². The molecule has 0 saturated carbocycles. The minimum absolute atomic E-state index is 0.339. The summed E-state index contributed by atoms with van der Waals surface area (Å²) < 4.78 is 11.0. The lowest BCUT2D eigenvalue weighted by atomic mass is 9.84. The van der Waals surface area contributed by atoms with Crippen LogP contribution in [0.2, 0.25) is 0 Å². The molecule has 1 saturated heterocycles. The first-order valence-electron chi connectivity index (χ1n) is 6.50. The standard InChI is InChI=1S/C15H21BrO2/c1-10-4-5-14(17-3)13(8-10)15(16)12-6-7-18-9-11(12)2/h4-5,8,11-12,15H,6-7,9H2,1-3H3. The van der Waals surface area contributed by atoms with Gasteiger partial charge in [-0.1, -0.05) is 40.5 Å². The summed E-state index contributed by atoms with van der Waals surface area (Å²) in [7, 11) is 1.74. The highest BCUT2D eigenvalue weighted by Crippen LogP contribution is 2.43. The van der Waals surface area contributed by atoms with E-state index in [0.29, 0.717) is 16.7 Å². The Bertz CT molecular complexity index is 405. The van der Waals surface area contributed by atoms with Gasteiger partial charge in [-0.25, -0.2) is 0 Å². The molecular weight excluding hydrogens is 292 g/mol. The van der Waals surface area contributed by atoms with Crippen LogP contribution in [-0.4, -0.2) is 20.3 Å². The maximum absolute atomic E-state index is 5.53. The molecule has 1 heterocycles. The van der Waals surface area contributed by atoms with Crippen molar-refractivity contribution < 1.29 is 9.47 Å². The fourth-order valence-corrected chi connectivity index (χ4v) is 3.77. The second-order valence-corrected chi connectivity index (χ2v) is 6.14. The molecule has 3 heteroatoms. The van der Waals surface area contributed by atoms with Gasteiger partial charge in [-0.15, -0.1) is 0 Å². The summed E-state index contributed by atoms with van der Waals surface area (Å²) in [5.41, 5.74) is 2.53. The molecule has 1 aliphatic heterocycles. The number of methoxy groups -OCH3 is 1. The molecule has 2 rings (SSSR count). The Morgan fingerprint density at radius 1 is 1.44 bits per heavy atom. The van der Waals surface area contributed by atoms with Gasteiger partial charge in [0, 0.05) is 23.6 Å². The normalized spacial score (nSPS) is 25.8. The third-order valence-electron chi connectivity index (χ3n) is 3.77. The maximum Gasteiger partial charge on any atom is 0.123 e. The molecule has 2 nitrogen and oxygen atoms in total. The van der Waals surface area contributed by atoms with Gasteiger partial charge in [-0.05, 0) is 31.2 Å². The summed E-state index contributed by atoms with van der Waals surface area (Å²) in [6.07, 6.45) is 1.11. The average molecular weight is 313 g/mol. The van der Waals surface area contributed by atoms with Crippen LogP contribution in [-0.2, 0) is 4.74 Å². The Morgan fingerprint density at radius 3 is 2.89 bits per heavy atom. The summed E-state index contributed by atoms with van der Waals surface area (Å²) >= 11 is 3.88. The van der Waals surface area contributed by atoms with Crippen LogP contribution >= 0.6 is 15.9 Å². The second-order valence-electron chi connectivity index (χ2n) is 5.15. The van der Waals surface area contributed by atoms with Crippen molar-refractivity contribution in [3.05, 3.63) is 29.3 Å². The summed E-state index contributed by atoms with van der Waals surface area (Å²) in [4.78, 5) is 0.339. The Kier molecular flexibility index (Phi) is 4.68. The lowest BCUT2D eigenvalue weighted by Crippen LogP contribution is -2.28. The van der Waals surface area contributed by atoms with E-state index in [-0.39, 0.29) is 0 Å². The van der Waals surface area contributed by atoms with E-state index in [1.54, 1.807) is 7.11 Å². The Morgan fingerprint density at radius 2 is 2.22 bits per heavy atom. The fraction of sp³-hybridized carbons (Fsp3) is 0.600. The van der Waals surface area contributed by atoms with Gasteiger partial charge in [0.2, 0.25) is 0 Å². The number of halogens is 1. The number of alkyl halides is 1. The Hall–Kier alpha value is -0.540. The van der Waals surface area contributed by atoms with E-state index < -0.39 is 0 Å². The van der Waals surface area contributed by atoms with Crippen LogP contribution in [0.15, 0.2) is 18.2 Å². The van der Waals surface area contributed by atoms with E-state index in [1.165, 1.54) is 11.1 Å². The van der Waals surface area contributed by atoms with E-state index in [4.69, 9.17) is 9.47 Å². The predicted octanol–water partition coefficient (Wildman–Crippen LogP) is 4.11. The van der Waals surface area contributed by atoms with Gasteiger partial charge in [0.05, 0.1) is 7.11 Å². The van der Waals surface area contributed by atoms with Crippen molar-refractivity contribution in [3.63, 3.8) is 0 Å². The maximum atomic E-state index is 5.53. The molecule has 3 unspecified atom stereocenters. The van der Waals surface area contributed by atoms with Crippen LogP contribution in [0.5, 0.6) is 5.75 Å². The highest BCUT2D eigenvalue weighted by Gasteiger charge is 2.30. The molecule has 1 aromatic rings. The van der Waals surface area contributed by atoms with Gasteiger partial charge in [0.25, 0.3) is 0 Å². The molecule has 0 N–H and O–H groups in total. The van der Waals surface area contributed by atoms with E-state index >= 15 is 0 Å². The van der Waals surface area contributed by atoms with Gasteiger partial charge in [-0.2, -0.15) is 0 Å². The SMILES string of the molecule is COc1ccc(C)cc1C(Br)C1CCOCC1C. The number of ether oxygens (including phenoxy) is 2. The molecule has 3 atom stereocenters. The predicted molar refractivity (Wildman–Crippen MR) is 77.5 cm³/mol. The lowest BCUT2D eigenvalue weighted by Gasteiger charge is -2.33. The highest BCUT2D eigenvalue weighted by atomic mass is 79.9. The molecule has 1 aromatic carbocycles. The van der Waals surface area contributed by atoms with Crippen molar-refractivity contribution in [2.24, 2.45) is 11.8 Å². The smallest absolute Gasteiger partial charge is 0.123 e. The Balaban J connectivity index is 2.26. The number of hydrogen-bond acceptors (Lipinski definition) is 2. The van der Waals surface area contributed by atoms with Crippen molar-refractivity contribution in [3.8, 4) is 5.75 Å². The lowest BCUT2D eigenvalue weighted by molar-refractivity contribution is 0.0239. The van der Waals surface area contributed by atoms with Crippen LogP contribution < -0.4 is 4.74 Å². The van der Waals surface area contributed by atoms with Gasteiger partial charge in [0.1, 0.15) is 5.75 Å². The molecule has 0 bridgehead atoms. The minimum atomic E-state index is 0.339. The molecule has 1 aliphatic rings. The molecule has 1 fully saturated rings. The van der Waals surface area contributed by atoms with Crippen LogP contribution in [0.4, 0.5) is 0 Å². The average Bonchev–Trinajstić information content (AvgIpc) is 2.38. The third kappa shape index (κ3) is 2.89. The molecule has 0 spiro atoms. The third-order valence-corrected chi connectivity index (χ3v) is 4.94. The first-order valence-corrected chi connectivity index (χ1v) is 7.41. The number of hydrogen-bond donors (Lipinski definition) is 0. The zero-order valence-electron chi connectivity index (χ0n) is 11.3. The van der Waals surface area contributed by atoms with Crippen LogP contribution in [0.3, 0.4) is 0 Å². The van der Waals surface area contributed by atoms with Crippen molar-refractivity contribution in [2.75, 3.05) is 20.3 Å². The quantitative estimate of drug-likeness (QED) is 0.782. The van der Waals surface area contributed by atoms with Crippen LogP contribution in [0.25, 0.3) is 0 Å². The Labute approximate surface area is 118 Å². The van der Waals surface area contributed by atoms with Gasteiger partial charge in [-0.3, -0.25) is 0 Å². The van der Waals surface area contributed by atoms with Crippen molar-refractivity contribution >= 4 is 15.9 Å². The topological polar surface area (TPSA) is 18.5 Å². The first-order chi connectivity index (χ1) is 8.63.